The molecule has 2 aromatic heterocycles. The van der Waals surface area contributed by atoms with Crippen LogP contribution in [0, 0.1) is 0 Å². The molecule has 0 aliphatic carbocycles. The second-order valence-electron chi connectivity index (χ2n) is 6.30. The molecule has 1 aliphatic heterocycles. The molecular weight excluding hydrogens is 368 g/mol. The van der Waals surface area contributed by atoms with Crippen molar-refractivity contribution < 1.29 is 9.59 Å². The van der Waals surface area contributed by atoms with Crippen LogP contribution in [0.4, 0.5) is 0 Å². The van der Waals surface area contributed by atoms with Gasteiger partial charge in [0.1, 0.15) is 5.01 Å². The van der Waals surface area contributed by atoms with E-state index in [1.807, 2.05) is 34.7 Å². The summed E-state index contributed by atoms with van der Waals surface area (Å²) < 4.78 is 0. The molecule has 0 bridgehead atoms. The molecule has 26 heavy (non-hydrogen) atoms. The van der Waals surface area contributed by atoms with E-state index in [0.717, 1.165) is 41.6 Å². The van der Waals surface area contributed by atoms with Gasteiger partial charge in [0, 0.05) is 38.1 Å². The minimum Gasteiger partial charge on any atom is -0.355 e. The lowest BCUT2D eigenvalue weighted by Gasteiger charge is -2.34. The van der Waals surface area contributed by atoms with Crippen LogP contribution in [-0.4, -0.2) is 65.9 Å². The number of rotatable bonds is 7. The topological polar surface area (TPSA) is 65.5 Å². The first-order valence-electron chi connectivity index (χ1n) is 8.91. The number of piperazine rings is 1. The normalized spacial score (nSPS) is 15.2. The average Bonchev–Trinajstić information content (AvgIpc) is 3.32. The fourth-order valence-electron chi connectivity index (χ4n) is 2.85. The monoisotopic (exact) mass is 392 g/mol. The Kier molecular flexibility index (Phi) is 6.76. The van der Waals surface area contributed by atoms with Crippen LogP contribution in [0.1, 0.15) is 19.0 Å². The molecule has 1 saturated heterocycles. The van der Waals surface area contributed by atoms with Gasteiger partial charge in [-0.2, -0.15) is 0 Å². The Bertz CT molecular complexity index is 721. The number of nitrogens with zero attached hydrogens (tertiary/aromatic N) is 3. The molecule has 0 atom stereocenters. The summed E-state index contributed by atoms with van der Waals surface area (Å²) in [6.45, 7) is 5.99. The molecule has 2 amide bonds. The number of thiophene rings is 1. The third kappa shape index (κ3) is 5.12. The fourth-order valence-corrected chi connectivity index (χ4v) is 4.48. The Morgan fingerprint density at radius 1 is 1.23 bits per heavy atom. The van der Waals surface area contributed by atoms with Gasteiger partial charge in [0.15, 0.2) is 0 Å². The van der Waals surface area contributed by atoms with Crippen LogP contribution in [0.2, 0.25) is 0 Å². The maximum absolute atomic E-state index is 12.5. The maximum Gasteiger partial charge on any atom is 0.234 e. The Balaban J connectivity index is 1.44. The molecule has 1 aliphatic rings. The number of carbonyl (C=O) groups is 2. The summed E-state index contributed by atoms with van der Waals surface area (Å²) in [6.07, 6.45) is 1.29. The van der Waals surface area contributed by atoms with E-state index in [2.05, 4.69) is 15.2 Å². The van der Waals surface area contributed by atoms with E-state index in [9.17, 15) is 9.59 Å². The van der Waals surface area contributed by atoms with Crippen LogP contribution < -0.4 is 5.32 Å². The number of carbonyl (C=O) groups excluding carboxylic acids is 2. The van der Waals surface area contributed by atoms with Crippen LogP contribution in [-0.2, 0) is 16.0 Å². The van der Waals surface area contributed by atoms with Crippen LogP contribution in [0.3, 0.4) is 0 Å². The SMILES string of the molecule is CCCNC(=O)CN1CCN(C(=O)Cc2csc(-c3cccs3)n2)CC1. The van der Waals surface area contributed by atoms with Gasteiger partial charge < -0.3 is 10.2 Å². The lowest BCUT2D eigenvalue weighted by molar-refractivity contribution is -0.132. The first-order chi connectivity index (χ1) is 12.7. The van der Waals surface area contributed by atoms with Crippen molar-refractivity contribution in [1.82, 2.24) is 20.1 Å². The Morgan fingerprint density at radius 2 is 2.04 bits per heavy atom. The minimum atomic E-state index is 0.0650. The highest BCUT2D eigenvalue weighted by Crippen LogP contribution is 2.28. The highest BCUT2D eigenvalue weighted by molar-refractivity contribution is 7.20. The number of aromatic nitrogens is 1. The van der Waals surface area contributed by atoms with Crippen molar-refractivity contribution in [2.45, 2.75) is 19.8 Å². The second kappa shape index (κ2) is 9.25. The highest BCUT2D eigenvalue weighted by atomic mass is 32.1. The van der Waals surface area contributed by atoms with E-state index in [0.29, 0.717) is 26.1 Å². The van der Waals surface area contributed by atoms with Gasteiger partial charge in [-0.05, 0) is 17.9 Å². The molecular formula is C18H24N4O2S2. The van der Waals surface area contributed by atoms with Gasteiger partial charge in [0.2, 0.25) is 11.8 Å². The summed E-state index contributed by atoms with van der Waals surface area (Å²) in [5, 5.41) is 7.88. The molecule has 0 aromatic carbocycles. The average molecular weight is 393 g/mol. The number of thiazole rings is 1. The van der Waals surface area contributed by atoms with E-state index in [-0.39, 0.29) is 11.8 Å². The van der Waals surface area contributed by atoms with E-state index < -0.39 is 0 Å². The van der Waals surface area contributed by atoms with Crippen LogP contribution in [0.5, 0.6) is 0 Å². The molecule has 140 valence electrons. The smallest absolute Gasteiger partial charge is 0.234 e. The zero-order chi connectivity index (χ0) is 18.4. The van der Waals surface area contributed by atoms with Crippen molar-refractivity contribution in [2.75, 3.05) is 39.3 Å². The molecule has 0 unspecified atom stereocenters. The number of amides is 2. The van der Waals surface area contributed by atoms with E-state index >= 15 is 0 Å². The Morgan fingerprint density at radius 3 is 2.73 bits per heavy atom. The molecule has 0 spiro atoms. The largest absolute Gasteiger partial charge is 0.355 e. The molecule has 1 fully saturated rings. The quantitative estimate of drug-likeness (QED) is 0.784. The summed E-state index contributed by atoms with van der Waals surface area (Å²) in [6, 6.07) is 4.05. The molecule has 6 nitrogen and oxygen atoms in total. The maximum atomic E-state index is 12.5. The first-order valence-corrected chi connectivity index (χ1v) is 10.7. The number of nitrogens with one attached hydrogen (secondary N) is 1. The molecule has 3 heterocycles. The number of hydrogen-bond donors (Lipinski definition) is 1. The van der Waals surface area contributed by atoms with Crippen molar-refractivity contribution >= 4 is 34.5 Å². The molecule has 8 heteroatoms. The first kappa shape index (κ1) is 19.0. The summed E-state index contributed by atoms with van der Waals surface area (Å²) in [5.74, 6) is 0.179. The summed E-state index contributed by atoms with van der Waals surface area (Å²) in [4.78, 5) is 34.0. The van der Waals surface area contributed by atoms with Gasteiger partial charge in [0.25, 0.3) is 0 Å². The fraction of sp³-hybridized carbons (Fsp3) is 0.500. The predicted molar refractivity (Wildman–Crippen MR) is 105 cm³/mol. The Hall–Kier alpha value is -1.77. The standard InChI is InChI=1S/C18H24N4O2S2/c1-2-5-19-16(23)12-21-6-8-22(9-7-21)17(24)11-14-13-26-18(20-14)15-4-3-10-25-15/h3-4,10,13H,2,5-9,11-12H2,1H3,(H,19,23). The summed E-state index contributed by atoms with van der Waals surface area (Å²) in [7, 11) is 0. The van der Waals surface area contributed by atoms with Gasteiger partial charge >= 0.3 is 0 Å². The van der Waals surface area contributed by atoms with E-state index in [4.69, 9.17) is 0 Å². The molecule has 0 radical (unpaired) electrons. The van der Waals surface area contributed by atoms with Gasteiger partial charge in [-0.3, -0.25) is 14.5 Å². The van der Waals surface area contributed by atoms with Gasteiger partial charge in [-0.25, -0.2) is 4.98 Å². The second-order valence-corrected chi connectivity index (χ2v) is 8.11. The molecule has 3 rings (SSSR count). The molecule has 0 saturated carbocycles. The highest BCUT2D eigenvalue weighted by Gasteiger charge is 2.23. The van der Waals surface area contributed by atoms with Crippen molar-refractivity contribution in [1.29, 1.82) is 0 Å². The third-order valence-corrected chi connectivity index (χ3v) is 6.21. The third-order valence-electron chi connectivity index (χ3n) is 4.28. The van der Waals surface area contributed by atoms with Crippen LogP contribution in [0.25, 0.3) is 9.88 Å². The lowest BCUT2D eigenvalue weighted by atomic mass is 10.2. The van der Waals surface area contributed by atoms with Crippen molar-refractivity contribution in [3.63, 3.8) is 0 Å². The van der Waals surface area contributed by atoms with Gasteiger partial charge in [-0.1, -0.05) is 13.0 Å². The van der Waals surface area contributed by atoms with E-state index in [1.54, 1.807) is 22.7 Å². The summed E-state index contributed by atoms with van der Waals surface area (Å²) >= 11 is 3.25. The summed E-state index contributed by atoms with van der Waals surface area (Å²) in [5.41, 5.74) is 0.838. The van der Waals surface area contributed by atoms with Crippen LogP contribution >= 0.6 is 22.7 Å². The van der Waals surface area contributed by atoms with Gasteiger partial charge in [-0.15, -0.1) is 22.7 Å². The van der Waals surface area contributed by atoms with Crippen molar-refractivity contribution in [2.24, 2.45) is 0 Å². The van der Waals surface area contributed by atoms with Gasteiger partial charge in [0.05, 0.1) is 23.5 Å². The van der Waals surface area contributed by atoms with Crippen molar-refractivity contribution in [3.05, 3.63) is 28.6 Å². The molecule has 2 aromatic rings. The van der Waals surface area contributed by atoms with Crippen molar-refractivity contribution in [3.8, 4) is 9.88 Å². The number of hydrogen-bond acceptors (Lipinski definition) is 6. The Labute approximate surface area is 161 Å². The zero-order valence-corrected chi connectivity index (χ0v) is 16.6. The molecule has 1 N–H and O–H groups in total. The zero-order valence-electron chi connectivity index (χ0n) is 14.9. The van der Waals surface area contributed by atoms with E-state index in [1.165, 1.54) is 0 Å². The lowest BCUT2D eigenvalue weighted by Crippen LogP contribution is -2.51. The van der Waals surface area contributed by atoms with Crippen LogP contribution in [0.15, 0.2) is 22.9 Å². The predicted octanol–water partition coefficient (Wildman–Crippen LogP) is 2.08. The minimum absolute atomic E-state index is 0.0650.